The predicted molar refractivity (Wildman–Crippen MR) is 86.0 cm³/mol. The largest absolute Gasteiger partial charge is 0.374 e. The van der Waals surface area contributed by atoms with Crippen LogP contribution in [0.5, 0.6) is 0 Å². The molecule has 9 nitrogen and oxygen atoms in total. The van der Waals surface area contributed by atoms with Crippen LogP contribution in [0.15, 0.2) is 22.9 Å². The van der Waals surface area contributed by atoms with Gasteiger partial charge in [-0.3, -0.25) is 9.20 Å². The quantitative estimate of drug-likeness (QED) is 0.693. The van der Waals surface area contributed by atoms with Crippen LogP contribution in [0, 0.1) is 13.8 Å². The van der Waals surface area contributed by atoms with Gasteiger partial charge in [-0.1, -0.05) is 5.16 Å². The van der Waals surface area contributed by atoms with Gasteiger partial charge in [-0.25, -0.2) is 0 Å². The molecule has 1 aliphatic heterocycles. The van der Waals surface area contributed by atoms with Gasteiger partial charge >= 0.3 is 0 Å². The van der Waals surface area contributed by atoms with Gasteiger partial charge in [-0.2, -0.15) is 4.98 Å². The fourth-order valence-electron chi connectivity index (χ4n) is 3.11. The lowest BCUT2D eigenvalue weighted by Gasteiger charge is -2.37. The third-order valence-corrected chi connectivity index (χ3v) is 4.37. The van der Waals surface area contributed by atoms with Crippen LogP contribution in [0.4, 0.5) is 0 Å². The first-order chi connectivity index (χ1) is 12.0. The number of amides is 1. The zero-order valence-electron chi connectivity index (χ0n) is 14.2. The molecule has 130 valence electrons. The molecule has 1 amide bonds. The lowest BCUT2D eigenvalue weighted by molar-refractivity contribution is -0.0600. The first-order valence-corrected chi connectivity index (χ1v) is 8.09. The molecule has 1 saturated heterocycles. The number of fused-ring (bicyclic) bond motifs is 1. The van der Waals surface area contributed by atoms with Gasteiger partial charge in [0.05, 0.1) is 18.3 Å². The number of hydrogen-bond donors (Lipinski definition) is 0. The van der Waals surface area contributed by atoms with Crippen molar-refractivity contribution in [2.24, 2.45) is 0 Å². The van der Waals surface area contributed by atoms with E-state index in [0.29, 0.717) is 36.1 Å². The van der Waals surface area contributed by atoms with Crippen molar-refractivity contribution in [1.82, 2.24) is 29.6 Å². The molecule has 0 radical (unpaired) electrons. The fraction of sp³-hybridized carbons (Fsp3) is 0.438. The van der Waals surface area contributed by atoms with Gasteiger partial charge in [0, 0.05) is 12.7 Å². The van der Waals surface area contributed by atoms with Crippen molar-refractivity contribution >= 4 is 11.6 Å². The molecule has 0 aliphatic carbocycles. The number of carbonyl (C=O) groups is 1. The Kier molecular flexibility index (Phi) is 3.72. The number of hydrogen-bond acceptors (Lipinski definition) is 7. The summed E-state index contributed by atoms with van der Waals surface area (Å²) in [5.41, 5.74) is 1.25. The van der Waals surface area contributed by atoms with Gasteiger partial charge in [0.2, 0.25) is 0 Å². The Balaban J connectivity index is 1.71. The van der Waals surface area contributed by atoms with Crippen molar-refractivity contribution in [3.8, 4) is 0 Å². The Morgan fingerprint density at radius 1 is 1.28 bits per heavy atom. The van der Waals surface area contributed by atoms with Gasteiger partial charge in [-0.15, -0.1) is 10.2 Å². The summed E-state index contributed by atoms with van der Waals surface area (Å²) in [5.74, 6) is 1.52. The Morgan fingerprint density at radius 3 is 2.88 bits per heavy atom. The van der Waals surface area contributed by atoms with E-state index in [4.69, 9.17) is 9.26 Å². The van der Waals surface area contributed by atoms with Gasteiger partial charge in [-0.05, 0) is 32.9 Å². The molecule has 9 heteroatoms. The molecular weight excluding hydrogens is 324 g/mol. The highest BCUT2D eigenvalue weighted by molar-refractivity contribution is 5.94. The Bertz CT molecular complexity index is 933. The van der Waals surface area contributed by atoms with E-state index in [1.807, 2.05) is 13.8 Å². The second-order valence-electron chi connectivity index (χ2n) is 6.09. The average molecular weight is 342 g/mol. The topological polar surface area (TPSA) is 98.7 Å². The average Bonchev–Trinajstić information content (AvgIpc) is 3.20. The van der Waals surface area contributed by atoms with Gasteiger partial charge in [0.25, 0.3) is 11.8 Å². The van der Waals surface area contributed by atoms with Crippen LogP contribution in [0.3, 0.4) is 0 Å². The number of aryl methyl sites for hydroxylation is 2. The highest BCUT2D eigenvalue weighted by Crippen LogP contribution is 2.29. The molecule has 3 aromatic rings. The normalized spacial score (nSPS) is 21.0. The molecule has 4 rings (SSSR count). The monoisotopic (exact) mass is 342 g/mol. The van der Waals surface area contributed by atoms with Crippen LogP contribution < -0.4 is 0 Å². The predicted octanol–water partition coefficient (Wildman–Crippen LogP) is 1.33. The molecule has 1 fully saturated rings. The Labute approximate surface area is 143 Å². The maximum atomic E-state index is 13.1. The summed E-state index contributed by atoms with van der Waals surface area (Å²) < 4.78 is 12.8. The van der Waals surface area contributed by atoms with E-state index in [-0.39, 0.29) is 12.0 Å². The zero-order valence-corrected chi connectivity index (χ0v) is 14.2. The number of aromatic nitrogens is 5. The molecule has 4 heterocycles. The summed E-state index contributed by atoms with van der Waals surface area (Å²) in [7, 11) is 0. The van der Waals surface area contributed by atoms with E-state index in [0.717, 1.165) is 5.82 Å². The molecule has 3 aromatic heterocycles. The third kappa shape index (κ3) is 2.66. The van der Waals surface area contributed by atoms with Crippen molar-refractivity contribution in [2.75, 3.05) is 13.2 Å². The summed E-state index contributed by atoms with van der Waals surface area (Å²) in [6.07, 6.45) is 1.52. The number of morpholine rings is 1. The van der Waals surface area contributed by atoms with Crippen LogP contribution in [-0.2, 0) is 4.74 Å². The van der Waals surface area contributed by atoms with Crippen LogP contribution in [0.2, 0.25) is 0 Å². The maximum Gasteiger partial charge on any atom is 0.256 e. The lowest BCUT2D eigenvalue weighted by Crippen LogP contribution is -2.47. The molecule has 2 atom stereocenters. The first-order valence-electron chi connectivity index (χ1n) is 8.09. The van der Waals surface area contributed by atoms with E-state index in [1.54, 1.807) is 34.6 Å². The molecule has 25 heavy (non-hydrogen) atoms. The summed E-state index contributed by atoms with van der Waals surface area (Å²) >= 11 is 0. The van der Waals surface area contributed by atoms with E-state index in [1.165, 1.54) is 0 Å². The van der Waals surface area contributed by atoms with Crippen LogP contribution in [-0.4, -0.2) is 54.8 Å². The summed E-state index contributed by atoms with van der Waals surface area (Å²) in [6, 6.07) is 3.12. The SMILES string of the molecule is Cc1noc([C@@H]2[C@@H](C)OCCN2C(=O)c2ccc3nnc(C)n3c2)n1. The Hall–Kier alpha value is -2.81. The summed E-state index contributed by atoms with van der Waals surface area (Å²) in [4.78, 5) is 19.2. The Morgan fingerprint density at radius 2 is 2.12 bits per heavy atom. The van der Waals surface area contributed by atoms with E-state index < -0.39 is 6.04 Å². The van der Waals surface area contributed by atoms with Gasteiger partial charge in [0.15, 0.2) is 11.5 Å². The molecule has 0 aromatic carbocycles. The molecule has 0 unspecified atom stereocenters. The third-order valence-electron chi connectivity index (χ3n) is 4.37. The van der Waals surface area contributed by atoms with E-state index in [2.05, 4.69) is 20.3 Å². The minimum absolute atomic E-state index is 0.119. The summed E-state index contributed by atoms with van der Waals surface area (Å²) in [5, 5.41) is 11.9. The van der Waals surface area contributed by atoms with Gasteiger partial charge in [0.1, 0.15) is 11.9 Å². The summed E-state index contributed by atoms with van der Waals surface area (Å²) in [6.45, 7) is 6.40. The standard InChI is InChI=1S/C16H18N6O3/c1-9-14(15-17-10(2)20-25-15)21(6-7-24-9)16(23)12-4-5-13-19-18-11(3)22(13)8-12/h4-5,8-9,14H,6-7H2,1-3H3/t9-,14+/m1/s1. The van der Waals surface area contributed by atoms with Crippen molar-refractivity contribution in [3.63, 3.8) is 0 Å². The molecule has 0 spiro atoms. The second kappa shape index (κ2) is 5.92. The highest BCUT2D eigenvalue weighted by atomic mass is 16.5. The van der Waals surface area contributed by atoms with Crippen molar-refractivity contribution in [2.45, 2.75) is 32.9 Å². The van der Waals surface area contributed by atoms with Crippen LogP contribution in [0.1, 0.15) is 40.9 Å². The maximum absolute atomic E-state index is 13.1. The van der Waals surface area contributed by atoms with Crippen LogP contribution in [0.25, 0.3) is 5.65 Å². The molecule has 1 aliphatic rings. The molecule has 0 N–H and O–H groups in total. The van der Waals surface area contributed by atoms with Crippen molar-refractivity contribution < 1.29 is 14.1 Å². The number of ether oxygens (including phenoxy) is 1. The lowest BCUT2D eigenvalue weighted by atomic mass is 10.1. The highest BCUT2D eigenvalue weighted by Gasteiger charge is 2.38. The number of carbonyl (C=O) groups excluding carboxylic acids is 1. The van der Waals surface area contributed by atoms with E-state index >= 15 is 0 Å². The van der Waals surface area contributed by atoms with Gasteiger partial charge < -0.3 is 14.2 Å². The number of nitrogens with zero attached hydrogens (tertiary/aromatic N) is 6. The number of rotatable bonds is 2. The fourth-order valence-corrected chi connectivity index (χ4v) is 3.11. The first kappa shape index (κ1) is 15.7. The zero-order chi connectivity index (χ0) is 17.6. The molecule has 0 bridgehead atoms. The van der Waals surface area contributed by atoms with E-state index in [9.17, 15) is 4.79 Å². The molecular formula is C16H18N6O3. The van der Waals surface area contributed by atoms with Crippen molar-refractivity contribution in [3.05, 3.63) is 41.4 Å². The smallest absolute Gasteiger partial charge is 0.256 e. The van der Waals surface area contributed by atoms with Crippen molar-refractivity contribution in [1.29, 1.82) is 0 Å². The van der Waals surface area contributed by atoms with Crippen LogP contribution >= 0.6 is 0 Å². The minimum atomic E-state index is -0.417. The molecule has 0 saturated carbocycles. The second-order valence-corrected chi connectivity index (χ2v) is 6.09. The number of pyridine rings is 1. The minimum Gasteiger partial charge on any atom is -0.374 e.